The van der Waals surface area contributed by atoms with Gasteiger partial charge in [0.1, 0.15) is 11.9 Å². The number of nitrogens with two attached hydrogens (primary N) is 1. The summed E-state index contributed by atoms with van der Waals surface area (Å²) in [6.45, 7) is 0. The number of hydrogen-bond donors (Lipinski definition) is 4. The SMILES string of the molecule is COc1cc(C(Nc2ccc(C(=N)N)cc2)c2nn(-c3ncccn3)c(=O)[nH]2)ccc1OC(OC(=O)C(F)(F)F)C(=O)N(C)C. The van der Waals surface area contributed by atoms with Crippen LogP contribution in [-0.2, 0) is 14.3 Å². The van der Waals surface area contributed by atoms with Gasteiger partial charge in [0, 0.05) is 37.7 Å². The summed E-state index contributed by atoms with van der Waals surface area (Å²) in [6, 6.07) is 11.3. The topological polar surface area (TPSA) is 203 Å². The number of nitrogens with zero attached hydrogens (tertiary/aromatic N) is 5. The molecule has 15 nitrogen and oxygen atoms in total. The molecule has 236 valence electrons. The number of hydrogen-bond acceptors (Lipinski definition) is 11. The lowest BCUT2D eigenvalue weighted by Crippen LogP contribution is -2.43. The van der Waals surface area contributed by atoms with Gasteiger partial charge in [-0.15, -0.1) is 9.78 Å². The Morgan fingerprint density at radius 1 is 1.09 bits per heavy atom. The van der Waals surface area contributed by atoms with Gasteiger partial charge in [0.15, 0.2) is 17.3 Å². The zero-order chi connectivity index (χ0) is 32.9. The molecule has 2 heterocycles. The molecule has 45 heavy (non-hydrogen) atoms. The van der Waals surface area contributed by atoms with Crippen LogP contribution >= 0.6 is 0 Å². The summed E-state index contributed by atoms with van der Waals surface area (Å²) in [5.74, 6) is -4.06. The van der Waals surface area contributed by atoms with Crippen molar-refractivity contribution in [3.05, 3.63) is 88.4 Å². The fourth-order valence-corrected chi connectivity index (χ4v) is 3.81. The number of likely N-dealkylation sites (N-methyl/N-ethyl adjacent to an activating group) is 1. The lowest BCUT2D eigenvalue weighted by atomic mass is 10.0. The number of H-pyrrole nitrogens is 1. The van der Waals surface area contributed by atoms with E-state index in [1.165, 1.54) is 51.8 Å². The van der Waals surface area contributed by atoms with E-state index in [0.717, 1.165) is 9.58 Å². The van der Waals surface area contributed by atoms with E-state index in [-0.39, 0.29) is 29.1 Å². The Morgan fingerprint density at radius 3 is 2.33 bits per heavy atom. The summed E-state index contributed by atoms with van der Waals surface area (Å²) in [5.41, 5.74) is 6.28. The number of esters is 1. The Hall–Kier alpha value is -5.94. The number of nitrogen functional groups attached to an aromatic ring is 1. The van der Waals surface area contributed by atoms with Crippen molar-refractivity contribution in [3.63, 3.8) is 0 Å². The van der Waals surface area contributed by atoms with Crippen molar-refractivity contribution in [1.82, 2.24) is 29.6 Å². The molecule has 0 saturated carbocycles. The first-order valence-electron chi connectivity index (χ1n) is 12.8. The number of carbonyl (C=O) groups excluding carboxylic acids is 2. The number of anilines is 1. The number of carbonyl (C=O) groups is 2. The lowest BCUT2D eigenvalue weighted by Gasteiger charge is -2.24. The molecule has 0 aliphatic heterocycles. The number of amidine groups is 1. The van der Waals surface area contributed by atoms with Gasteiger partial charge in [0.05, 0.1) is 7.11 Å². The van der Waals surface area contributed by atoms with E-state index >= 15 is 0 Å². The Bertz CT molecular complexity index is 1740. The third-order valence-electron chi connectivity index (χ3n) is 6.00. The van der Waals surface area contributed by atoms with E-state index < -0.39 is 36.1 Å². The van der Waals surface area contributed by atoms with Crippen molar-refractivity contribution >= 4 is 23.4 Å². The summed E-state index contributed by atoms with van der Waals surface area (Å²) in [5, 5.41) is 15.2. The minimum absolute atomic E-state index is 0.000828. The monoisotopic (exact) mass is 629 g/mol. The maximum absolute atomic E-state index is 12.9. The van der Waals surface area contributed by atoms with E-state index in [9.17, 15) is 27.6 Å². The van der Waals surface area contributed by atoms with Gasteiger partial charge < -0.3 is 30.2 Å². The molecule has 0 aliphatic carbocycles. The highest BCUT2D eigenvalue weighted by Crippen LogP contribution is 2.34. The predicted octanol–water partition coefficient (Wildman–Crippen LogP) is 1.74. The first-order chi connectivity index (χ1) is 21.3. The zero-order valence-corrected chi connectivity index (χ0v) is 23.8. The fourth-order valence-electron chi connectivity index (χ4n) is 3.81. The molecule has 2 aromatic carbocycles. The molecule has 4 aromatic rings. The molecule has 0 radical (unpaired) electrons. The summed E-state index contributed by atoms with van der Waals surface area (Å²) in [7, 11) is 3.71. The molecule has 5 N–H and O–H groups in total. The van der Waals surface area contributed by atoms with Crippen molar-refractivity contribution in [2.24, 2.45) is 5.73 Å². The van der Waals surface area contributed by atoms with Gasteiger partial charge in [0.2, 0.25) is 0 Å². The first-order valence-corrected chi connectivity index (χ1v) is 12.8. The van der Waals surface area contributed by atoms with Crippen LogP contribution in [0, 0.1) is 5.41 Å². The molecule has 0 fully saturated rings. The van der Waals surface area contributed by atoms with Crippen molar-refractivity contribution in [2.45, 2.75) is 18.5 Å². The second-order valence-corrected chi connectivity index (χ2v) is 9.34. The van der Waals surface area contributed by atoms with Crippen LogP contribution in [0.2, 0.25) is 0 Å². The van der Waals surface area contributed by atoms with Crippen LogP contribution in [0.5, 0.6) is 11.5 Å². The van der Waals surface area contributed by atoms with E-state index in [4.69, 9.17) is 20.6 Å². The number of halogens is 3. The molecule has 4 rings (SSSR count). The van der Waals surface area contributed by atoms with Crippen LogP contribution in [0.15, 0.2) is 65.7 Å². The molecule has 2 aromatic heterocycles. The van der Waals surface area contributed by atoms with Gasteiger partial charge in [-0.1, -0.05) is 6.07 Å². The second-order valence-electron chi connectivity index (χ2n) is 9.34. The van der Waals surface area contributed by atoms with Gasteiger partial charge in [-0.05, 0) is 48.0 Å². The Labute approximate surface area is 252 Å². The number of aromatic nitrogens is 5. The number of alkyl halides is 3. The number of amides is 1. The zero-order valence-electron chi connectivity index (χ0n) is 23.8. The average Bonchev–Trinajstić information content (AvgIpc) is 3.40. The molecule has 1 amide bonds. The van der Waals surface area contributed by atoms with Crippen LogP contribution in [0.3, 0.4) is 0 Å². The molecule has 2 unspecified atom stereocenters. The Kier molecular flexibility index (Phi) is 9.34. The van der Waals surface area contributed by atoms with Crippen molar-refractivity contribution in [2.75, 3.05) is 26.5 Å². The third kappa shape index (κ3) is 7.53. The number of benzene rings is 2. The number of nitrogens with one attached hydrogen (secondary N) is 3. The number of rotatable bonds is 11. The molecule has 0 spiro atoms. The van der Waals surface area contributed by atoms with Gasteiger partial charge in [-0.2, -0.15) is 13.2 Å². The highest BCUT2D eigenvalue weighted by atomic mass is 19.4. The fraction of sp³-hybridized carbons (Fsp3) is 0.222. The highest BCUT2D eigenvalue weighted by Gasteiger charge is 2.44. The minimum atomic E-state index is -5.38. The molecule has 0 bridgehead atoms. The van der Waals surface area contributed by atoms with E-state index in [1.54, 1.807) is 30.3 Å². The maximum atomic E-state index is 12.9. The largest absolute Gasteiger partial charge is 0.493 e. The van der Waals surface area contributed by atoms with E-state index in [1.807, 2.05) is 0 Å². The number of methoxy groups -OCH3 is 1. The average molecular weight is 630 g/mol. The smallest absolute Gasteiger partial charge is 0.491 e. The first kappa shape index (κ1) is 32.0. The van der Waals surface area contributed by atoms with Crippen LogP contribution in [0.4, 0.5) is 18.9 Å². The molecule has 0 aliphatic rings. The minimum Gasteiger partial charge on any atom is -0.493 e. The molecule has 2 atom stereocenters. The summed E-state index contributed by atoms with van der Waals surface area (Å²) in [6.07, 6.45) is -4.81. The number of aromatic amines is 1. The normalized spacial score (nSPS) is 12.5. The molecular formula is C27H26F3N9O6. The quantitative estimate of drug-likeness (QED) is 0.0814. The highest BCUT2D eigenvalue weighted by molar-refractivity contribution is 5.95. The van der Waals surface area contributed by atoms with E-state index in [2.05, 4.69) is 30.1 Å². The molecule has 18 heteroatoms. The van der Waals surface area contributed by atoms with Gasteiger partial charge in [0.25, 0.3) is 5.95 Å². The van der Waals surface area contributed by atoms with Gasteiger partial charge in [-0.3, -0.25) is 15.2 Å². The standard InChI is InChI=1S/C27H26F3N9O6/c1-38(2)22(40)23(45-24(41)27(28,29)30)44-17-10-7-15(13-18(17)43-3)19(35-16-8-5-14(6-9-16)20(31)32)21-36-26(42)39(37-21)25-33-11-4-12-34-25/h4-13,19,23,35H,1-3H3,(H3,31,32)(H,36,37,42). The van der Waals surface area contributed by atoms with Crippen LogP contribution in [0.25, 0.3) is 5.95 Å². The van der Waals surface area contributed by atoms with Crippen molar-refractivity contribution in [1.29, 1.82) is 5.41 Å². The summed E-state index contributed by atoms with van der Waals surface area (Å²) in [4.78, 5) is 48.5. The lowest BCUT2D eigenvalue weighted by molar-refractivity contribution is -0.217. The second kappa shape index (κ2) is 13.1. The number of ether oxygens (including phenoxy) is 3. The van der Waals surface area contributed by atoms with Crippen molar-refractivity contribution < 1.29 is 37.0 Å². The van der Waals surface area contributed by atoms with Gasteiger partial charge >= 0.3 is 30.0 Å². The van der Waals surface area contributed by atoms with E-state index in [0.29, 0.717) is 16.8 Å². The summed E-state index contributed by atoms with van der Waals surface area (Å²) < 4.78 is 54.7. The van der Waals surface area contributed by atoms with Crippen LogP contribution in [-0.4, -0.2) is 81.0 Å². The van der Waals surface area contributed by atoms with Gasteiger partial charge in [-0.25, -0.2) is 19.6 Å². The van der Waals surface area contributed by atoms with Crippen LogP contribution in [0.1, 0.15) is 23.0 Å². The Balaban J connectivity index is 1.74. The summed E-state index contributed by atoms with van der Waals surface area (Å²) >= 11 is 0. The van der Waals surface area contributed by atoms with Crippen molar-refractivity contribution in [3.8, 4) is 17.4 Å². The molecular weight excluding hydrogens is 603 g/mol. The predicted molar refractivity (Wildman–Crippen MR) is 151 cm³/mol. The molecule has 0 saturated heterocycles. The Morgan fingerprint density at radius 2 is 1.76 bits per heavy atom. The maximum Gasteiger partial charge on any atom is 0.491 e. The van der Waals surface area contributed by atoms with Crippen LogP contribution < -0.4 is 26.2 Å². The third-order valence-corrected chi connectivity index (χ3v) is 6.00.